The smallest absolute Gasteiger partial charge is 0.337 e. The number of esters is 6. The summed E-state index contributed by atoms with van der Waals surface area (Å²) in [5, 5.41) is 0. The molecule has 3 rings (SSSR count). The summed E-state index contributed by atoms with van der Waals surface area (Å²) in [5.74, 6) is -5.44. The lowest BCUT2D eigenvalue weighted by Crippen LogP contribution is -2.63. The van der Waals surface area contributed by atoms with E-state index < -0.39 is 97.4 Å². The first kappa shape index (κ1) is 42.7. The molecule has 2 fully saturated rings. The molecule has 2 aliphatic heterocycles. The Morgan fingerprint density at radius 2 is 1.29 bits per heavy atom. The Balaban J connectivity index is 1.82. The molecule has 15 heteroatoms. The van der Waals surface area contributed by atoms with Crippen molar-refractivity contribution in [2.24, 2.45) is 17.8 Å². The lowest BCUT2D eigenvalue weighted by atomic mass is 9.83. The van der Waals surface area contributed by atoms with Gasteiger partial charge in [-0.25, -0.2) is 4.79 Å². The summed E-state index contributed by atoms with van der Waals surface area (Å²) in [5.41, 5.74) is 0.222. The van der Waals surface area contributed by atoms with Crippen LogP contribution in [-0.2, 0) is 71.4 Å². The Hall–Kier alpha value is -3.72. The lowest BCUT2D eigenvalue weighted by molar-refractivity contribution is -0.345. The maximum Gasteiger partial charge on any atom is 0.337 e. The summed E-state index contributed by atoms with van der Waals surface area (Å²) >= 11 is 0. The van der Waals surface area contributed by atoms with E-state index >= 15 is 0 Å². The fraction of sp³-hybridized carbons (Fsp3) is 0.784. The zero-order valence-corrected chi connectivity index (χ0v) is 31.5. The van der Waals surface area contributed by atoms with E-state index in [0.29, 0.717) is 6.42 Å². The van der Waals surface area contributed by atoms with Gasteiger partial charge in [-0.2, -0.15) is 0 Å². The number of hydrogen-bond acceptors (Lipinski definition) is 15. The van der Waals surface area contributed by atoms with Gasteiger partial charge >= 0.3 is 35.8 Å². The van der Waals surface area contributed by atoms with Gasteiger partial charge < -0.3 is 42.6 Å². The zero-order chi connectivity index (χ0) is 38.4. The largest absolute Gasteiger partial charge is 0.472 e. The Morgan fingerprint density at radius 1 is 0.731 bits per heavy atom. The van der Waals surface area contributed by atoms with Gasteiger partial charge in [0, 0.05) is 51.9 Å². The maximum atomic E-state index is 12.8. The van der Waals surface area contributed by atoms with Gasteiger partial charge in [-0.05, 0) is 12.8 Å². The van der Waals surface area contributed by atoms with Crippen molar-refractivity contribution in [3.63, 3.8) is 0 Å². The Bertz CT molecular complexity index is 1260. The number of carbonyl (C=O) groups excluding carboxylic acids is 6. The Morgan fingerprint density at radius 3 is 1.87 bits per heavy atom. The standard InChI is InChI=1S/C37H56O15/c1-8-9-10-11-12-13-14-15-16-17-30(42)45-20-29-32(48-23(4)39)33(49-24(5)40)34(50-25(6)41)37(51-29)52-36-31-21(2)28(47-22(3)38)18-26(31)27(19-46-36)35(43)44-7/h19,21,26,28-29,31-34,36-37H,8-18,20H2,1-7H3/t21-,26+,28-,29+,31+,32+,33-,34+,36-,37-/m0/s1. The van der Waals surface area contributed by atoms with Gasteiger partial charge in [-0.1, -0.05) is 65.2 Å². The van der Waals surface area contributed by atoms with Gasteiger partial charge in [0.15, 0.2) is 18.3 Å². The molecule has 0 aromatic heterocycles. The molecule has 1 saturated carbocycles. The van der Waals surface area contributed by atoms with Crippen LogP contribution in [-0.4, -0.2) is 92.6 Å². The second-order valence-electron chi connectivity index (χ2n) is 13.7. The van der Waals surface area contributed by atoms with Crippen molar-refractivity contribution in [3.8, 4) is 0 Å². The van der Waals surface area contributed by atoms with Gasteiger partial charge in [0.2, 0.25) is 12.6 Å². The van der Waals surface area contributed by atoms with E-state index in [1.54, 1.807) is 0 Å². The highest BCUT2D eigenvalue weighted by molar-refractivity contribution is 5.89. The molecule has 52 heavy (non-hydrogen) atoms. The van der Waals surface area contributed by atoms with E-state index in [1.165, 1.54) is 52.4 Å². The molecular weight excluding hydrogens is 684 g/mol. The monoisotopic (exact) mass is 740 g/mol. The third-order valence-corrected chi connectivity index (χ3v) is 9.58. The molecule has 0 bridgehead atoms. The molecule has 0 spiro atoms. The first-order valence-electron chi connectivity index (χ1n) is 18.4. The molecule has 15 nitrogen and oxygen atoms in total. The highest BCUT2D eigenvalue weighted by Crippen LogP contribution is 2.49. The molecule has 1 saturated heterocycles. The molecule has 0 radical (unpaired) electrons. The van der Waals surface area contributed by atoms with Crippen molar-refractivity contribution in [2.45, 2.75) is 155 Å². The van der Waals surface area contributed by atoms with Crippen molar-refractivity contribution >= 4 is 35.8 Å². The average molecular weight is 741 g/mol. The zero-order valence-electron chi connectivity index (χ0n) is 31.5. The van der Waals surface area contributed by atoms with Crippen LogP contribution in [0, 0.1) is 17.8 Å². The summed E-state index contributed by atoms with van der Waals surface area (Å²) in [6, 6.07) is 0. The van der Waals surface area contributed by atoms with Gasteiger partial charge in [0.1, 0.15) is 18.8 Å². The average Bonchev–Trinajstić information content (AvgIpc) is 3.39. The minimum Gasteiger partial charge on any atom is -0.472 e. The third-order valence-electron chi connectivity index (χ3n) is 9.58. The van der Waals surface area contributed by atoms with Gasteiger partial charge in [-0.15, -0.1) is 0 Å². The van der Waals surface area contributed by atoms with Crippen LogP contribution in [0.1, 0.15) is 112 Å². The first-order valence-corrected chi connectivity index (χ1v) is 18.4. The van der Waals surface area contributed by atoms with E-state index in [2.05, 4.69) is 6.92 Å². The van der Waals surface area contributed by atoms with Crippen LogP contribution in [0.2, 0.25) is 0 Å². The van der Waals surface area contributed by atoms with Gasteiger partial charge in [0.25, 0.3) is 0 Å². The van der Waals surface area contributed by atoms with Crippen LogP contribution in [0.5, 0.6) is 0 Å². The van der Waals surface area contributed by atoms with E-state index in [4.69, 9.17) is 42.6 Å². The molecule has 2 heterocycles. The van der Waals surface area contributed by atoms with Crippen molar-refractivity contribution in [1.82, 2.24) is 0 Å². The highest BCUT2D eigenvalue weighted by atomic mass is 16.8. The molecule has 0 amide bonds. The van der Waals surface area contributed by atoms with Crippen LogP contribution in [0.4, 0.5) is 0 Å². The number of fused-ring (bicyclic) bond motifs is 1. The topological polar surface area (TPSA) is 185 Å². The summed E-state index contributed by atoms with van der Waals surface area (Å²) in [7, 11) is 1.24. The van der Waals surface area contributed by atoms with Crippen molar-refractivity contribution in [1.29, 1.82) is 0 Å². The fourth-order valence-electron chi connectivity index (χ4n) is 7.19. The molecule has 294 valence electrons. The third kappa shape index (κ3) is 12.5. The number of carbonyl (C=O) groups is 6. The molecule has 3 aliphatic rings. The molecule has 0 aromatic carbocycles. The Labute approximate surface area is 305 Å². The SMILES string of the molecule is CCCCCCCCCCCC(=O)OC[C@H]1O[C@@H](O[C@@H]2OC=C(C(=O)OC)[C@H]3C[C@H](OC(C)=O)[C@H](C)[C@@H]23)[C@H](OC(C)=O)[C@@H](OC(C)=O)[C@@H]1OC(C)=O. The molecule has 1 aliphatic carbocycles. The number of methoxy groups -OCH3 is 1. The second-order valence-corrected chi connectivity index (χ2v) is 13.7. The van der Waals surface area contributed by atoms with E-state index in [-0.39, 0.29) is 24.3 Å². The number of ether oxygens (including phenoxy) is 9. The second kappa shape index (κ2) is 21.1. The Kier molecular flexibility index (Phi) is 17.3. The van der Waals surface area contributed by atoms with E-state index in [0.717, 1.165) is 40.0 Å². The van der Waals surface area contributed by atoms with Crippen molar-refractivity contribution in [2.75, 3.05) is 13.7 Å². The molecular formula is C37H56O15. The fourth-order valence-corrected chi connectivity index (χ4v) is 7.19. The predicted octanol–water partition coefficient (Wildman–Crippen LogP) is 4.60. The van der Waals surface area contributed by atoms with Crippen LogP contribution >= 0.6 is 0 Å². The van der Waals surface area contributed by atoms with E-state index in [1.807, 2.05) is 6.92 Å². The number of unbranched alkanes of at least 4 members (excludes halogenated alkanes) is 8. The molecule has 10 atom stereocenters. The lowest BCUT2D eigenvalue weighted by Gasteiger charge is -2.46. The summed E-state index contributed by atoms with van der Waals surface area (Å²) in [6.07, 6.45) is 2.57. The normalized spacial score (nSPS) is 29.4. The van der Waals surface area contributed by atoms with Crippen LogP contribution in [0.25, 0.3) is 0 Å². The van der Waals surface area contributed by atoms with Crippen LogP contribution < -0.4 is 0 Å². The molecule has 0 unspecified atom stereocenters. The molecule has 0 N–H and O–H groups in total. The minimum atomic E-state index is -1.51. The summed E-state index contributed by atoms with van der Waals surface area (Å²) in [4.78, 5) is 74.4. The summed E-state index contributed by atoms with van der Waals surface area (Å²) in [6.45, 7) is 8.28. The first-order chi connectivity index (χ1) is 24.8. The van der Waals surface area contributed by atoms with Gasteiger partial charge in [-0.3, -0.25) is 24.0 Å². The van der Waals surface area contributed by atoms with Crippen molar-refractivity contribution in [3.05, 3.63) is 11.8 Å². The minimum absolute atomic E-state index is 0.166. The quantitative estimate of drug-likeness (QED) is 0.102. The van der Waals surface area contributed by atoms with Gasteiger partial charge in [0.05, 0.1) is 18.9 Å². The number of hydrogen-bond donors (Lipinski definition) is 0. The molecule has 0 aromatic rings. The summed E-state index contributed by atoms with van der Waals surface area (Å²) < 4.78 is 51.2. The van der Waals surface area contributed by atoms with E-state index in [9.17, 15) is 28.8 Å². The van der Waals surface area contributed by atoms with Crippen molar-refractivity contribution < 1.29 is 71.4 Å². The number of rotatable bonds is 19. The maximum absolute atomic E-state index is 12.8. The van der Waals surface area contributed by atoms with Crippen LogP contribution in [0.3, 0.4) is 0 Å². The predicted molar refractivity (Wildman–Crippen MR) is 180 cm³/mol. The van der Waals surface area contributed by atoms with Crippen LogP contribution in [0.15, 0.2) is 11.8 Å². The highest BCUT2D eigenvalue weighted by Gasteiger charge is 2.57.